The van der Waals surface area contributed by atoms with Gasteiger partial charge in [-0.2, -0.15) is 0 Å². The summed E-state index contributed by atoms with van der Waals surface area (Å²) in [7, 11) is 1.54. The monoisotopic (exact) mass is 304 g/mol. The fraction of sp³-hybridized carbons (Fsp3) is 0.692. The molecule has 8 heteroatoms. The fourth-order valence-corrected chi connectivity index (χ4v) is 1.77. The molecular formula is C13H21N3O5. The van der Waals surface area contributed by atoms with E-state index in [4.69, 9.17) is 6.21 Å². The lowest BCUT2D eigenvalue weighted by Gasteiger charge is -2.23. The van der Waals surface area contributed by atoms with Crippen LogP contribution < -0.4 is 5.32 Å². The van der Waals surface area contributed by atoms with Gasteiger partial charge in [0.2, 0.25) is 5.91 Å². The molecule has 3 amide bonds. The van der Waals surface area contributed by atoms with Crippen LogP contribution in [0.1, 0.15) is 28.1 Å². The fourth-order valence-electron chi connectivity index (χ4n) is 1.77. The zero-order valence-corrected chi connectivity index (χ0v) is 12.4. The SMILES string of the molecule is [2H]CN(C)CC(=[18O])NC(C(=[18O])ON1C(=O)CCC1=O)C(C)C. The second-order valence-corrected chi connectivity index (χ2v) is 5.30. The number of likely N-dealkylation sites (N-methyl/N-ethyl adjacent to an activating group) is 1. The first-order valence-corrected chi connectivity index (χ1v) is 6.61. The molecule has 1 aliphatic rings. The summed E-state index contributed by atoms with van der Waals surface area (Å²) in [4.78, 5) is 53.0. The van der Waals surface area contributed by atoms with E-state index in [2.05, 4.69) is 5.32 Å². The van der Waals surface area contributed by atoms with Crippen molar-refractivity contribution in [3.8, 4) is 0 Å². The van der Waals surface area contributed by atoms with E-state index in [-0.39, 0.29) is 32.3 Å². The molecule has 0 saturated carbocycles. The molecule has 0 aromatic heterocycles. The summed E-state index contributed by atoms with van der Waals surface area (Å²) in [6.07, 6.45) is 0.0260. The van der Waals surface area contributed by atoms with Crippen LogP contribution >= 0.6 is 0 Å². The standard InChI is InChI=1S/C13H21N3O5/c1-8(2)12(14-9(17)7-15(3)4)13(20)21-16-10(18)5-6-11(16)19/h8,12H,5-7H2,1-4H3,(H,14,17)/i3D,17+2,20+2. The van der Waals surface area contributed by atoms with Gasteiger partial charge in [-0.25, -0.2) is 4.79 Å². The predicted octanol–water partition coefficient (Wildman–Crippen LogP) is -0.704. The van der Waals surface area contributed by atoms with E-state index in [1.165, 1.54) is 4.90 Å². The third-order valence-electron chi connectivity index (χ3n) is 2.84. The maximum absolute atomic E-state index is 12.1. The normalized spacial score (nSPS) is 17.2. The molecule has 1 N–H and O–H groups in total. The third kappa shape index (κ3) is 4.82. The van der Waals surface area contributed by atoms with Gasteiger partial charge in [0.15, 0.2) is 0 Å². The number of hydrogen-bond donors (Lipinski definition) is 1. The van der Waals surface area contributed by atoms with Gasteiger partial charge in [0.05, 0.1) is 6.54 Å². The molecule has 118 valence electrons. The molecule has 0 aromatic carbocycles. The molecule has 1 saturated heterocycles. The number of nitrogens with one attached hydrogen (secondary N) is 1. The highest BCUT2D eigenvalue weighted by molar-refractivity contribution is 6.02. The molecule has 1 unspecified atom stereocenters. The van der Waals surface area contributed by atoms with Crippen molar-refractivity contribution in [2.24, 2.45) is 5.92 Å². The van der Waals surface area contributed by atoms with E-state index < -0.39 is 29.7 Å². The molecular weight excluding hydrogens is 282 g/mol. The summed E-state index contributed by atoms with van der Waals surface area (Å²) >= 11 is 0. The van der Waals surface area contributed by atoms with Gasteiger partial charge in [-0.05, 0) is 20.0 Å². The summed E-state index contributed by atoms with van der Waals surface area (Å²) in [5.74, 6) is -2.72. The van der Waals surface area contributed by atoms with Crippen LogP contribution in [0.4, 0.5) is 0 Å². The highest BCUT2D eigenvalue weighted by Gasteiger charge is 2.36. The van der Waals surface area contributed by atoms with Crippen molar-refractivity contribution in [1.29, 1.82) is 0 Å². The number of amides is 3. The second-order valence-electron chi connectivity index (χ2n) is 5.30. The number of carbonyl (C=O) groups is 4. The Labute approximate surface area is 124 Å². The van der Waals surface area contributed by atoms with Crippen molar-refractivity contribution in [3.63, 3.8) is 0 Å². The number of hydroxylamine groups is 2. The Hall–Kier alpha value is -1.96. The van der Waals surface area contributed by atoms with Crippen LogP contribution in [0.15, 0.2) is 0 Å². The van der Waals surface area contributed by atoms with Crippen LogP contribution in [0.2, 0.25) is 0 Å². The smallest absolute Gasteiger partial charge is 0.341 e. The topological polar surface area (TPSA) is 96.0 Å². The molecule has 0 aliphatic carbocycles. The molecule has 21 heavy (non-hydrogen) atoms. The highest BCUT2D eigenvalue weighted by atomic mass is 18.1. The Morgan fingerprint density at radius 3 is 2.48 bits per heavy atom. The molecule has 1 atom stereocenters. The maximum Gasteiger partial charge on any atom is 0.355 e. The van der Waals surface area contributed by atoms with Crippen LogP contribution in [0, 0.1) is 5.92 Å². The zero-order valence-electron chi connectivity index (χ0n) is 13.4. The first kappa shape index (κ1) is 15.4. The predicted molar refractivity (Wildman–Crippen MR) is 72.5 cm³/mol. The Balaban J connectivity index is 2.66. The van der Waals surface area contributed by atoms with Crippen LogP contribution in [0.3, 0.4) is 0 Å². The van der Waals surface area contributed by atoms with E-state index >= 15 is 0 Å². The molecule has 1 aliphatic heterocycles. The molecule has 0 spiro atoms. The number of nitrogens with zero attached hydrogens (tertiary/aromatic N) is 2. The van der Waals surface area contributed by atoms with Gasteiger partial charge in [-0.15, -0.1) is 5.06 Å². The summed E-state index contributed by atoms with van der Waals surface area (Å²) in [5, 5.41) is 2.96. The van der Waals surface area contributed by atoms with Crippen LogP contribution in [0.25, 0.3) is 0 Å². The number of carbonyl (C=O) groups excluding carboxylic acids is 4. The van der Waals surface area contributed by atoms with Crippen LogP contribution in [0.5, 0.6) is 0 Å². The molecule has 8 nitrogen and oxygen atoms in total. The Morgan fingerprint density at radius 1 is 1.43 bits per heavy atom. The number of hydrogen-bond acceptors (Lipinski definition) is 6. The van der Waals surface area contributed by atoms with Crippen molar-refractivity contribution in [2.45, 2.75) is 32.7 Å². The summed E-state index contributed by atoms with van der Waals surface area (Å²) in [6, 6.07) is -0.979. The minimum atomic E-state index is -0.979. The summed E-state index contributed by atoms with van der Waals surface area (Å²) in [6.45, 7) is 3.36. The van der Waals surface area contributed by atoms with Gasteiger partial charge in [0.25, 0.3) is 11.8 Å². The Morgan fingerprint density at radius 2 is 2.00 bits per heavy atom. The van der Waals surface area contributed by atoms with Crippen LogP contribution in [-0.2, 0) is 24.0 Å². The van der Waals surface area contributed by atoms with Crippen molar-refractivity contribution in [3.05, 3.63) is 0 Å². The molecule has 0 radical (unpaired) electrons. The average molecular weight is 304 g/mol. The molecule has 1 fully saturated rings. The van der Waals surface area contributed by atoms with Gasteiger partial charge >= 0.3 is 5.97 Å². The molecule has 0 bridgehead atoms. The summed E-state index contributed by atoms with van der Waals surface area (Å²) in [5.41, 5.74) is 0. The molecule has 1 rings (SSSR count). The number of rotatable bonds is 6. The van der Waals surface area contributed by atoms with Crippen molar-refractivity contribution in [1.82, 2.24) is 15.3 Å². The minimum Gasteiger partial charge on any atom is -0.341 e. The van der Waals surface area contributed by atoms with Crippen molar-refractivity contribution in [2.75, 3.05) is 20.6 Å². The molecule has 0 aromatic rings. The van der Waals surface area contributed by atoms with Gasteiger partial charge < -0.3 is 15.1 Å². The average Bonchev–Trinajstić information content (AvgIpc) is 2.75. The summed E-state index contributed by atoms with van der Waals surface area (Å²) < 4.78 is 7.12. The lowest BCUT2D eigenvalue weighted by Crippen LogP contribution is -2.50. The quantitative estimate of drug-likeness (QED) is 0.515. The minimum absolute atomic E-state index is 0.0130. The van der Waals surface area contributed by atoms with E-state index in [0.717, 1.165) is 0 Å². The van der Waals surface area contributed by atoms with Gasteiger partial charge in [0, 0.05) is 14.2 Å². The van der Waals surface area contributed by atoms with Crippen molar-refractivity contribution < 1.29 is 25.4 Å². The van der Waals surface area contributed by atoms with E-state index in [9.17, 15) is 19.2 Å². The van der Waals surface area contributed by atoms with Gasteiger partial charge in [0.1, 0.15) is 6.04 Å². The first-order valence-electron chi connectivity index (χ1n) is 7.31. The molecule has 1 heterocycles. The second kappa shape index (κ2) is 7.16. The largest absolute Gasteiger partial charge is 0.355 e. The van der Waals surface area contributed by atoms with Crippen LogP contribution in [-0.4, -0.2) is 60.3 Å². The Kier molecular flexibility index (Phi) is 5.26. The van der Waals surface area contributed by atoms with E-state index in [0.29, 0.717) is 5.06 Å². The van der Waals surface area contributed by atoms with Gasteiger partial charge in [-0.3, -0.25) is 14.4 Å². The van der Waals surface area contributed by atoms with E-state index in [1.54, 1.807) is 20.9 Å². The number of imide groups is 1. The van der Waals surface area contributed by atoms with Crippen molar-refractivity contribution >= 4 is 23.7 Å². The zero-order chi connectivity index (χ0) is 16.9. The maximum atomic E-state index is 12.1. The lowest BCUT2D eigenvalue weighted by molar-refractivity contribution is -0.199. The Bertz CT molecular complexity index is 453. The van der Waals surface area contributed by atoms with Gasteiger partial charge in [-0.1, -0.05) is 13.8 Å². The lowest BCUT2D eigenvalue weighted by atomic mass is 10.1. The highest BCUT2D eigenvalue weighted by Crippen LogP contribution is 2.14. The third-order valence-corrected chi connectivity index (χ3v) is 2.84. The first-order chi connectivity index (χ1) is 10.3. The van der Waals surface area contributed by atoms with E-state index in [1.807, 2.05) is 0 Å².